The lowest BCUT2D eigenvalue weighted by atomic mass is 10.0. The molecular formula is C12H15NO2. The third kappa shape index (κ3) is 2.18. The Bertz CT molecular complexity index is 337. The summed E-state index contributed by atoms with van der Waals surface area (Å²) in [6.07, 6.45) is 0.766. The van der Waals surface area contributed by atoms with Crippen molar-refractivity contribution in [3.8, 4) is 0 Å². The van der Waals surface area contributed by atoms with Gasteiger partial charge in [0.05, 0.1) is 6.04 Å². The number of benzene rings is 1. The highest BCUT2D eigenvalue weighted by molar-refractivity contribution is 5.76. The lowest BCUT2D eigenvalue weighted by molar-refractivity contribution is -0.151. The summed E-state index contributed by atoms with van der Waals surface area (Å²) in [6.45, 7) is 2.41. The summed E-state index contributed by atoms with van der Waals surface area (Å²) in [5, 5.41) is 3.29. The van der Waals surface area contributed by atoms with Gasteiger partial charge in [-0.2, -0.15) is 0 Å². The van der Waals surface area contributed by atoms with Crippen LogP contribution in [0.15, 0.2) is 30.3 Å². The molecule has 15 heavy (non-hydrogen) atoms. The van der Waals surface area contributed by atoms with E-state index in [0.29, 0.717) is 6.61 Å². The van der Waals surface area contributed by atoms with Crippen molar-refractivity contribution in [1.29, 1.82) is 0 Å². The number of morpholine rings is 1. The molecule has 0 amide bonds. The Balaban J connectivity index is 2.09. The Morgan fingerprint density at radius 2 is 2.13 bits per heavy atom. The fraction of sp³-hybridized carbons (Fsp3) is 0.417. The van der Waals surface area contributed by atoms with Gasteiger partial charge in [-0.25, -0.2) is 0 Å². The zero-order valence-corrected chi connectivity index (χ0v) is 8.77. The van der Waals surface area contributed by atoms with Crippen molar-refractivity contribution in [3.63, 3.8) is 0 Å². The smallest absolute Gasteiger partial charge is 0.323 e. The Hall–Kier alpha value is -1.35. The summed E-state index contributed by atoms with van der Waals surface area (Å²) in [6, 6.07) is 10.0. The van der Waals surface area contributed by atoms with E-state index in [0.717, 1.165) is 6.42 Å². The summed E-state index contributed by atoms with van der Waals surface area (Å²) >= 11 is 0. The van der Waals surface area contributed by atoms with Crippen molar-refractivity contribution in [2.75, 3.05) is 6.61 Å². The highest BCUT2D eigenvalue weighted by Gasteiger charge is 2.28. The predicted octanol–water partition coefficient (Wildman–Crippen LogP) is 1.65. The molecule has 1 heterocycles. The van der Waals surface area contributed by atoms with Crippen LogP contribution in [0.25, 0.3) is 0 Å². The van der Waals surface area contributed by atoms with Crippen LogP contribution in [0, 0.1) is 0 Å². The first-order valence-corrected chi connectivity index (χ1v) is 5.29. The van der Waals surface area contributed by atoms with E-state index in [-0.39, 0.29) is 18.1 Å². The van der Waals surface area contributed by atoms with Gasteiger partial charge < -0.3 is 4.74 Å². The number of carbonyl (C=O) groups is 1. The summed E-state index contributed by atoms with van der Waals surface area (Å²) in [5.41, 5.74) is 1.17. The Labute approximate surface area is 89.4 Å². The molecule has 2 atom stereocenters. The number of carbonyl (C=O) groups excluding carboxylic acids is 1. The average Bonchev–Trinajstić information content (AvgIpc) is 2.31. The van der Waals surface area contributed by atoms with Crippen LogP contribution in [0.4, 0.5) is 0 Å². The number of cyclic esters (lactones) is 1. The minimum atomic E-state index is -0.163. The van der Waals surface area contributed by atoms with Gasteiger partial charge in [0, 0.05) is 0 Å². The van der Waals surface area contributed by atoms with E-state index in [4.69, 9.17) is 4.74 Å². The third-order valence-corrected chi connectivity index (χ3v) is 2.69. The number of esters is 1. The molecule has 3 nitrogen and oxygen atoms in total. The Morgan fingerprint density at radius 1 is 1.40 bits per heavy atom. The largest absolute Gasteiger partial charge is 0.462 e. The van der Waals surface area contributed by atoms with Gasteiger partial charge in [0.2, 0.25) is 0 Å². The van der Waals surface area contributed by atoms with E-state index < -0.39 is 0 Å². The third-order valence-electron chi connectivity index (χ3n) is 2.69. The second-order valence-electron chi connectivity index (χ2n) is 3.72. The van der Waals surface area contributed by atoms with Crippen LogP contribution in [0.5, 0.6) is 0 Å². The molecule has 1 fully saturated rings. The first-order valence-electron chi connectivity index (χ1n) is 5.29. The van der Waals surface area contributed by atoms with Gasteiger partial charge in [0.15, 0.2) is 0 Å². The van der Waals surface area contributed by atoms with Crippen LogP contribution in [0.3, 0.4) is 0 Å². The molecule has 0 aliphatic carbocycles. The molecule has 0 saturated carbocycles. The van der Waals surface area contributed by atoms with Crippen molar-refractivity contribution in [2.45, 2.75) is 25.4 Å². The van der Waals surface area contributed by atoms with Crippen molar-refractivity contribution in [1.82, 2.24) is 5.32 Å². The monoisotopic (exact) mass is 205 g/mol. The van der Waals surface area contributed by atoms with Crippen molar-refractivity contribution in [3.05, 3.63) is 35.9 Å². The highest BCUT2D eigenvalue weighted by Crippen LogP contribution is 2.18. The topological polar surface area (TPSA) is 38.3 Å². The number of hydrogen-bond donors (Lipinski definition) is 1. The number of nitrogens with one attached hydrogen (secondary N) is 1. The number of rotatable bonds is 2. The average molecular weight is 205 g/mol. The molecule has 0 spiro atoms. The molecule has 3 heteroatoms. The fourth-order valence-electron chi connectivity index (χ4n) is 1.79. The molecule has 1 aliphatic rings. The first-order chi connectivity index (χ1) is 7.31. The van der Waals surface area contributed by atoms with Crippen LogP contribution in [-0.2, 0) is 9.53 Å². The summed E-state index contributed by atoms with van der Waals surface area (Å²) in [4.78, 5) is 11.3. The van der Waals surface area contributed by atoms with Gasteiger partial charge in [-0.05, 0) is 12.0 Å². The second-order valence-corrected chi connectivity index (χ2v) is 3.72. The number of ether oxygens (including phenoxy) is 1. The van der Waals surface area contributed by atoms with Gasteiger partial charge in [-0.3, -0.25) is 10.1 Å². The summed E-state index contributed by atoms with van der Waals surface area (Å²) < 4.78 is 5.15. The molecule has 2 rings (SSSR count). The molecule has 0 unspecified atom stereocenters. The standard InChI is InChI=1S/C12H15NO2/c1-2-10-12(14)15-8-11(13-10)9-6-4-3-5-7-9/h3-7,10-11,13H,2,8H2,1H3/t10-,11+/m0/s1. The van der Waals surface area contributed by atoms with Crippen LogP contribution >= 0.6 is 0 Å². The first kappa shape index (κ1) is 10.2. The predicted molar refractivity (Wildman–Crippen MR) is 57.4 cm³/mol. The van der Waals surface area contributed by atoms with Crippen molar-refractivity contribution < 1.29 is 9.53 Å². The summed E-state index contributed by atoms with van der Waals surface area (Å²) in [5.74, 6) is -0.135. The highest BCUT2D eigenvalue weighted by atomic mass is 16.5. The van der Waals surface area contributed by atoms with E-state index in [1.54, 1.807) is 0 Å². The zero-order chi connectivity index (χ0) is 10.7. The molecule has 1 aromatic rings. The van der Waals surface area contributed by atoms with E-state index >= 15 is 0 Å². The minimum Gasteiger partial charge on any atom is -0.462 e. The van der Waals surface area contributed by atoms with Crippen molar-refractivity contribution >= 4 is 5.97 Å². The molecule has 80 valence electrons. The maximum Gasteiger partial charge on any atom is 0.323 e. The zero-order valence-electron chi connectivity index (χ0n) is 8.77. The SMILES string of the molecule is CC[C@@H]1N[C@@H](c2ccccc2)COC1=O. The molecule has 1 N–H and O–H groups in total. The molecule has 1 saturated heterocycles. The van der Waals surface area contributed by atoms with Crippen LogP contribution in [0.1, 0.15) is 24.9 Å². The lowest BCUT2D eigenvalue weighted by Crippen LogP contribution is -2.46. The van der Waals surface area contributed by atoms with E-state index in [1.165, 1.54) is 5.56 Å². The second kappa shape index (κ2) is 4.45. The molecule has 1 aromatic carbocycles. The van der Waals surface area contributed by atoms with Crippen LogP contribution in [-0.4, -0.2) is 18.6 Å². The Morgan fingerprint density at radius 3 is 2.80 bits per heavy atom. The minimum absolute atomic E-state index is 0.133. The molecule has 1 aliphatic heterocycles. The molecular weight excluding hydrogens is 190 g/mol. The maximum atomic E-state index is 11.3. The molecule has 0 radical (unpaired) electrons. The van der Waals surface area contributed by atoms with Gasteiger partial charge in [-0.1, -0.05) is 37.3 Å². The van der Waals surface area contributed by atoms with E-state index in [1.807, 2.05) is 37.3 Å². The molecule has 0 aromatic heterocycles. The van der Waals surface area contributed by atoms with Crippen LogP contribution < -0.4 is 5.32 Å². The normalized spacial score (nSPS) is 26.1. The number of hydrogen-bond acceptors (Lipinski definition) is 3. The van der Waals surface area contributed by atoms with E-state index in [9.17, 15) is 4.79 Å². The van der Waals surface area contributed by atoms with Gasteiger partial charge in [0.1, 0.15) is 12.6 Å². The van der Waals surface area contributed by atoms with Gasteiger partial charge in [-0.15, -0.1) is 0 Å². The summed E-state index contributed by atoms with van der Waals surface area (Å²) in [7, 11) is 0. The van der Waals surface area contributed by atoms with E-state index in [2.05, 4.69) is 5.32 Å². The van der Waals surface area contributed by atoms with Crippen molar-refractivity contribution in [2.24, 2.45) is 0 Å². The van der Waals surface area contributed by atoms with Gasteiger partial charge >= 0.3 is 5.97 Å². The molecule has 0 bridgehead atoms. The quantitative estimate of drug-likeness (QED) is 0.746. The Kier molecular flexibility index (Phi) is 3.02. The van der Waals surface area contributed by atoms with Gasteiger partial charge in [0.25, 0.3) is 0 Å². The maximum absolute atomic E-state index is 11.3. The van der Waals surface area contributed by atoms with Crippen LogP contribution in [0.2, 0.25) is 0 Å². The fourth-order valence-corrected chi connectivity index (χ4v) is 1.79. The lowest BCUT2D eigenvalue weighted by Gasteiger charge is -2.29.